The zero-order valence-electron chi connectivity index (χ0n) is 16.9. The maximum Gasteiger partial charge on any atom is 0.256 e. The van der Waals surface area contributed by atoms with Gasteiger partial charge in [-0.1, -0.05) is 19.1 Å². The molecule has 30 heavy (non-hydrogen) atoms. The summed E-state index contributed by atoms with van der Waals surface area (Å²) in [6.07, 6.45) is 3.07. The summed E-state index contributed by atoms with van der Waals surface area (Å²) in [5.41, 5.74) is 2.18. The first-order valence-corrected chi connectivity index (χ1v) is 10.3. The fraction of sp³-hybridized carbons (Fsp3) is 0.348. The average Bonchev–Trinajstić information content (AvgIpc) is 2.84. The molecule has 1 saturated heterocycles. The van der Waals surface area contributed by atoms with E-state index in [-0.39, 0.29) is 35.5 Å². The molecule has 0 radical (unpaired) electrons. The molecule has 2 aromatic carbocycles. The Labute approximate surface area is 174 Å². The van der Waals surface area contributed by atoms with Gasteiger partial charge in [0.25, 0.3) is 5.91 Å². The van der Waals surface area contributed by atoms with Gasteiger partial charge in [0, 0.05) is 12.2 Å². The minimum atomic E-state index is -0.627. The van der Waals surface area contributed by atoms with Gasteiger partial charge in [0.2, 0.25) is 11.8 Å². The number of benzene rings is 2. The fourth-order valence-electron chi connectivity index (χ4n) is 4.13. The van der Waals surface area contributed by atoms with Gasteiger partial charge in [-0.2, -0.15) is 0 Å². The number of hydrogen-bond donors (Lipinski definition) is 1. The second kappa shape index (κ2) is 8.26. The van der Waals surface area contributed by atoms with Crippen molar-refractivity contribution < 1.29 is 18.8 Å². The molecule has 0 spiro atoms. The SMILES string of the molecule is CCc1ccc(NC(=O)CN2C(=O)C3CCCCN3C(=O)c3cc(F)ccc32)cc1. The number of halogens is 1. The Hall–Kier alpha value is -3.22. The van der Waals surface area contributed by atoms with Crippen molar-refractivity contribution in [3.63, 3.8) is 0 Å². The van der Waals surface area contributed by atoms with E-state index in [0.29, 0.717) is 18.7 Å². The first kappa shape index (κ1) is 20.1. The van der Waals surface area contributed by atoms with E-state index in [0.717, 1.165) is 30.9 Å². The van der Waals surface area contributed by atoms with Crippen LogP contribution in [0.25, 0.3) is 0 Å². The van der Waals surface area contributed by atoms with Gasteiger partial charge in [0.1, 0.15) is 18.4 Å². The number of amides is 3. The molecular formula is C23H24FN3O3. The first-order chi connectivity index (χ1) is 14.5. The predicted molar refractivity (Wildman–Crippen MR) is 112 cm³/mol. The Balaban J connectivity index is 1.63. The number of hydrogen-bond acceptors (Lipinski definition) is 3. The van der Waals surface area contributed by atoms with Crippen LogP contribution >= 0.6 is 0 Å². The summed E-state index contributed by atoms with van der Waals surface area (Å²) in [7, 11) is 0. The molecule has 156 valence electrons. The molecular weight excluding hydrogens is 385 g/mol. The molecule has 1 N–H and O–H groups in total. The van der Waals surface area contributed by atoms with Crippen molar-refractivity contribution in [2.24, 2.45) is 0 Å². The fourth-order valence-corrected chi connectivity index (χ4v) is 4.13. The average molecular weight is 409 g/mol. The number of carbonyl (C=O) groups is 3. The maximum atomic E-state index is 13.9. The van der Waals surface area contributed by atoms with Crippen LogP contribution in [0.2, 0.25) is 0 Å². The number of aryl methyl sites for hydroxylation is 1. The molecule has 0 aliphatic carbocycles. The van der Waals surface area contributed by atoms with Gasteiger partial charge in [0.05, 0.1) is 11.3 Å². The first-order valence-electron chi connectivity index (χ1n) is 10.3. The van der Waals surface area contributed by atoms with Crippen molar-refractivity contribution >= 4 is 29.1 Å². The summed E-state index contributed by atoms with van der Waals surface area (Å²) in [5, 5.41) is 2.80. The normalized spacial score (nSPS) is 18.5. The number of piperidine rings is 1. The molecule has 3 amide bonds. The van der Waals surface area contributed by atoms with Gasteiger partial charge in [-0.3, -0.25) is 14.4 Å². The van der Waals surface area contributed by atoms with Gasteiger partial charge in [-0.05, 0) is 61.6 Å². The minimum absolute atomic E-state index is 0.118. The highest BCUT2D eigenvalue weighted by atomic mass is 19.1. The summed E-state index contributed by atoms with van der Waals surface area (Å²) in [5.74, 6) is -1.59. The van der Waals surface area contributed by atoms with E-state index in [9.17, 15) is 18.8 Å². The van der Waals surface area contributed by atoms with Crippen molar-refractivity contribution in [1.82, 2.24) is 4.90 Å². The lowest BCUT2D eigenvalue weighted by atomic mass is 10.0. The Bertz CT molecular complexity index is 990. The Morgan fingerprint density at radius 3 is 2.63 bits per heavy atom. The topological polar surface area (TPSA) is 69.7 Å². The smallest absolute Gasteiger partial charge is 0.256 e. The molecule has 2 heterocycles. The summed E-state index contributed by atoms with van der Waals surface area (Å²) in [6.45, 7) is 2.26. The third kappa shape index (κ3) is 3.79. The highest BCUT2D eigenvalue weighted by Crippen LogP contribution is 2.32. The molecule has 2 aliphatic rings. The van der Waals surface area contributed by atoms with Gasteiger partial charge in [-0.15, -0.1) is 0 Å². The number of fused-ring (bicyclic) bond motifs is 2. The molecule has 0 bridgehead atoms. The molecule has 1 atom stereocenters. The Morgan fingerprint density at radius 1 is 1.13 bits per heavy atom. The van der Waals surface area contributed by atoms with Crippen LogP contribution in [0.3, 0.4) is 0 Å². The monoisotopic (exact) mass is 409 g/mol. The molecule has 2 aliphatic heterocycles. The molecule has 7 heteroatoms. The van der Waals surface area contributed by atoms with Gasteiger partial charge in [0.15, 0.2) is 0 Å². The van der Waals surface area contributed by atoms with Crippen molar-refractivity contribution in [3.05, 3.63) is 59.4 Å². The summed E-state index contributed by atoms with van der Waals surface area (Å²) < 4.78 is 13.9. The van der Waals surface area contributed by atoms with Gasteiger partial charge >= 0.3 is 0 Å². The van der Waals surface area contributed by atoms with Crippen LogP contribution < -0.4 is 10.2 Å². The van der Waals surface area contributed by atoms with E-state index in [1.165, 1.54) is 21.9 Å². The van der Waals surface area contributed by atoms with Gasteiger partial charge in [-0.25, -0.2) is 4.39 Å². The van der Waals surface area contributed by atoms with Crippen molar-refractivity contribution in [1.29, 1.82) is 0 Å². The molecule has 4 rings (SSSR count). The third-order valence-electron chi connectivity index (χ3n) is 5.74. The van der Waals surface area contributed by atoms with E-state index in [1.807, 2.05) is 24.3 Å². The lowest BCUT2D eigenvalue weighted by Crippen LogP contribution is -2.52. The second-order valence-electron chi connectivity index (χ2n) is 7.69. The highest BCUT2D eigenvalue weighted by molar-refractivity contribution is 6.13. The number of carbonyl (C=O) groups excluding carboxylic acids is 3. The molecule has 1 fully saturated rings. The number of anilines is 2. The van der Waals surface area contributed by atoms with Crippen LogP contribution in [-0.4, -0.2) is 41.8 Å². The van der Waals surface area contributed by atoms with Crippen LogP contribution in [0.4, 0.5) is 15.8 Å². The van der Waals surface area contributed by atoms with Crippen LogP contribution in [0.1, 0.15) is 42.1 Å². The lowest BCUT2D eigenvalue weighted by molar-refractivity contribution is -0.125. The van der Waals surface area contributed by atoms with E-state index in [2.05, 4.69) is 12.2 Å². The van der Waals surface area contributed by atoms with E-state index >= 15 is 0 Å². The lowest BCUT2D eigenvalue weighted by Gasteiger charge is -2.34. The number of nitrogens with zero attached hydrogens (tertiary/aromatic N) is 2. The Kier molecular flexibility index (Phi) is 5.53. The zero-order chi connectivity index (χ0) is 21.3. The summed E-state index contributed by atoms with van der Waals surface area (Å²) in [6, 6.07) is 10.6. The van der Waals surface area contributed by atoms with Crippen molar-refractivity contribution in [2.45, 2.75) is 38.6 Å². The van der Waals surface area contributed by atoms with Crippen molar-refractivity contribution in [2.75, 3.05) is 23.3 Å². The molecule has 6 nitrogen and oxygen atoms in total. The highest BCUT2D eigenvalue weighted by Gasteiger charge is 2.41. The number of rotatable bonds is 4. The predicted octanol–water partition coefficient (Wildman–Crippen LogP) is 3.37. The Morgan fingerprint density at radius 2 is 1.90 bits per heavy atom. The van der Waals surface area contributed by atoms with E-state index < -0.39 is 11.9 Å². The molecule has 2 aromatic rings. The minimum Gasteiger partial charge on any atom is -0.327 e. The maximum absolute atomic E-state index is 13.9. The van der Waals surface area contributed by atoms with E-state index in [4.69, 9.17) is 0 Å². The summed E-state index contributed by atoms with van der Waals surface area (Å²) in [4.78, 5) is 41.9. The number of nitrogens with one attached hydrogen (secondary N) is 1. The second-order valence-corrected chi connectivity index (χ2v) is 7.69. The molecule has 0 saturated carbocycles. The molecule has 0 aromatic heterocycles. The van der Waals surface area contributed by atoms with Gasteiger partial charge < -0.3 is 15.1 Å². The largest absolute Gasteiger partial charge is 0.327 e. The quantitative estimate of drug-likeness (QED) is 0.842. The standard InChI is InChI=1S/C23H24FN3O3/c1-2-15-6-9-17(10-7-15)25-21(28)14-27-19-11-8-16(24)13-18(19)22(29)26-12-4-3-5-20(26)23(27)30/h6-11,13,20H,2-5,12,14H2,1H3,(H,25,28). The van der Waals surface area contributed by atoms with Crippen LogP contribution in [0.5, 0.6) is 0 Å². The van der Waals surface area contributed by atoms with E-state index in [1.54, 1.807) is 0 Å². The molecule has 1 unspecified atom stereocenters. The third-order valence-corrected chi connectivity index (χ3v) is 5.74. The zero-order valence-corrected chi connectivity index (χ0v) is 16.9. The van der Waals surface area contributed by atoms with Crippen LogP contribution in [0, 0.1) is 5.82 Å². The van der Waals surface area contributed by atoms with Crippen LogP contribution in [-0.2, 0) is 16.0 Å². The summed E-state index contributed by atoms with van der Waals surface area (Å²) >= 11 is 0. The van der Waals surface area contributed by atoms with Crippen LogP contribution in [0.15, 0.2) is 42.5 Å². The van der Waals surface area contributed by atoms with Crippen molar-refractivity contribution in [3.8, 4) is 0 Å².